The molecule has 4 aromatic rings. The van der Waals surface area contributed by atoms with E-state index in [9.17, 15) is 0 Å². The van der Waals surface area contributed by atoms with Crippen LogP contribution in [0.3, 0.4) is 0 Å². The van der Waals surface area contributed by atoms with Crippen molar-refractivity contribution >= 4 is 33.6 Å². The lowest BCUT2D eigenvalue weighted by atomic mass is 9.98. The number of hydrogen-bond donors (Lipinski definition) is 0. The zero-order valence-electron chi connectivity index (χ0n) is 16.0. The molecule has 0 spiro atoms. The monoisotopic (exact) mass is 382 g/mol. The van der Waals surface area contributed by atoms with Gasteiger partial charge in [0, 0.05) is 33.8 Å². The molecule has 3 heterocycles. The summed E-state index contributed by atoms with van der Waals surface area (Å²) in [5, 5.41) is 1.16. The second kappa shape index (κ2) is 6.92. The topological polar surface area (TPSA) is 16.1 Å². The SMILES string of the molecule is C=C(c1cc(-c2ccc(C)s2)nc2ccccc12)N1CCCc2ccccc21. The van der Waals surface area contributed by atoms with E-state index in [1.807, 2.05) is 0 Å². The molecule has 2 aromatic heterocycles. The van der Waals surface area contributed by atoms with Crippen LogP contribution in [-0.4, -0.2) is 11.5 Å². The van der Waals surface area contributed by atoms with Crippen LogP contribution in [0.2, 0.25) is 0 Å². The largest absolute Gasteiger partial charge is 0.341 e. The third-order valence-corrected chi connectivity index (χ3v) is 6.48. The van der Waals surface area contributed by atoms with Crippen LogP contribution in [0.4, 0.5) is 5.69 Å². The van der Waals surface area contributed by atoms with E-state index < -0.39 is 0 Å². The molecule has 0 atom stereocenters. The molecular weight excluding hydrogens is 360 g/mol. The number of pyridine rings is 1. The molecule has 28 heavy (non-hydrogen) atoms. The second-order valence-electron chi connectivity index (χ2n) is 7.31. The Morgan fingerprint density at radius 2 is 1.86 bits per heavy atom. The average molecular weight is 383 g/mol. The fourth-order valence-electron chi connectivity index (χ4n) is 4.07. The minimum atomic E-state index is 1.000. The molecule has 0 bridgehead atoms. The molecule has 138 valence electrons. The molecule has 2 nitrogen and oxygen atoms in total. The highest BCUT2D eigenvalue weighted by atomic mass is 32.1. The maximum absolute atomic E-state index is 4.94. The molecule has 3 heteroatoms. The Bertz CT molecular complexity index is 1190. The smallest absolute Gasteiger partial charge is 0.0816 e. The minimum Gasteiger partial charge on any atom is -0.341 e. The van der Waals surface area contributed by atoms with Crippen molar-refractivity contribution in [3.8, 4) is 10.6 Å². The van der Waals surface area contributed by atoms with Crippen LogP contribution >= 0.6 is 11.3 Å². The lowest BCUT2D eigenvalue weighted by Crippen LogP contribution is -2.27. The van der Waals surface area contributed by atoms with Gasteiger partial charge >= 0.3 is 0 Å². The molecule has 0 radical (unpaired) electrons. The average Bonchev–Trinajstić information content (AvgIpc) is 3.18. The van der Waals surface area contributed by atoms with Gasteiger partial charge in [0.1, 0.15) is 0 Å². The van der Waals surface area contributed by atoms with Gasteiger partial charge in [0.15, 0.2) is 0 Å². The first kappa shape index (κ1) is 17.2. The summed E-state index contributed by atoms with van der Waals surface area (Å²) in [7, 11) is 0. The fraction of sp³-hybridized carbons (Fsp3) is 0.160. The van der Waals surface area contributed by atoms with Gasteiger partial charge in [0.05, 0.1) is 16.1 Å². The number of nitrogens with zero attached hydrogens (tertiary/aromatic N) is 2. The van der Waals surface area contributed by atoms with E-state index in [0.717, 1.165) is 41.7 Å². The van der Waals surface area contributed by atoms with Crippen LogP contribution in [0.1, 0.15) is 22.4 Å². The molecule has 0 fully saturated rings. The number of rotatable bonds is 3. The van der Waals surface area contributed by atoms with E-state index in [4.69, 9.17) is 4.98 Å². The number of aryl methyl sites for hydroxylation is 2. The first-order chi connectivity index (χ1) is 13.7. The van der Waals surface area contributed by atoms with Crippen LogP contribution in [0.5, 0.6) is 0 Å². The number of anilines is 1. The maximum Gasteiger partial charge on any atom is 0.0816 e. The Kier molecular flexibility index (Phi) is 4.25. The molecule has 1 aliphatic rings. The summed E-state index contributed by atoms with van der Waals surface area (Å²) < 4.78 is 0. The first-order valence-corrected chi connectivity index (χ1v) is 10.5. The molecule has 0 saturated carbocycles. The molecule has 1 aliphatic heterocycles. The summed E-state index contributed by atoms with van der Waals surface area (Å²) >= 11 is 1.79. The van der Waals surface area contributed by atoms with Crippen molar-refractivity contribution in [3.05, 3.63) is 89.3 Å². The lowest BCUT2D eigenvalue weighted by Gasteiger charge is -2.33. The van der Waals surface area contributed by atoms with Gasteiger partial charge in [-0.05, 0) is 55.7 Å². The molecule has 0 aliphatic carbocycles. The van der Waals surface area contributed by atoms with E-state index in [1.165, 1.54) is 26.6 Å². The Hall–Kier alpha value is -2.91. The second-order valence-corrected chi connectivity index (χ2v) is 8.60. The van der Waals surface area contributed by atoms with Gasteiger partial charge in [-0.3, -0.25) is 0 Å². The Labute approximate surface area is 169 Å². The third kappa shape index (κ3) is 2.92. The highest BCUT2D eigenvalue weighted by Crippen LogP contribution is 2.37. The summed E-state index contributed by atoms with van der Waals surface area (Å²) in [6, 6.07) is 23.6. The van der Waals surface area contributed by atoms with E-state index in [0.29, 0.717) is 0 Å². The van der Waals surface area contributed by atoms with Crippen LogP contribution < -0.4 is 4.90 Å². The van der Waals surface area contributed by atoms with E-state index in [-0.39, 0.29) is 0 Å². The van der Waals surface area contributed by atoms with Gasteiger partial charge in [-0.1, -0.05) is 43.0 Å². The Morgan fingerprint density at radius 3 is 2.71 bits per heavy atom. The van der Waals surface area contributed by atoms with Crippen molar-refractivity contribution in [2.75, 3.05) is 11.4 Å². The van der Waals surface area contributed by atoms with Gasteiger partial charge in [-0.2, -0.15) is 0 Å². The quantitative estimate of drug-likeness (QED) is 0.392. The zero-order chi connectivity index (χ0) is 19.1. The fourth-order valence-corrected chi connectivity index (χ4v) is 4.90. The predicted octanol–water partition coefficient (Wildman–Crippen LogP) is 6.70. The maximum atomic E-state index is 4.94. The van der Waals surface area contributed by atoms with Crippen LogP contribution in [0.25, 0.3) is 27.2 Å². The van der Waals surface area contributed by atoms with Crippen LogP contribution in [0.15, 0.2) is 73.3 Å². The molecular formula is C25H22N2S. The Balaban J connectivity index is 1.67. The molecule has 0 saturated heterocycles. The summed E-state index contributed by atoms with van der Waals surface area (Å²) in [6.07, 6.45) is 2.28. The number of thiophene rings is 1. The highest BCUT2D eigenvalue weighted by Gasteiger charge is 2.21. The van der Waals surface area contributed by atoms with Gasteiger partial charge in [-0.15, -0.1) is 11.3 Å². The standard InChI is InChI=1S/C25H22N2S/c1-17-13-14-25(28-17)23-16-21(20-10-4-5-11-22(20)26-23)18(2)27-15-7-9-19-8-3-6-12-24(19)27/h3-6,8,10-14,16H,2,7,9,15H2,1H3. The van der Waals surface area contributed by atoms with Crippen molar-refractivity contribution in [2.24, 2.45) is 0 Å². The van der Waals surface area contributed by atoms with Crippen LogP contribution in [-0.2, 0) is 6.42 Å². The lowest BCUT2D eigenvalue weighted by molar-refractivity contribution is 0.771. The van der Waals surface area contributed by atoms with Crippen molar-refractivity contribution < 1.29 is 0 Å². The molecule has 5 rings (SSSR count). The normalized spacial score (nSPS) is 13.5. The first-order valence-electron chi connectivity index (χ1n) is 9.72. The molecule has 0 amide bonds. The summed E-state index contributed by atoms with van der Waals surface area (Å²) in [5.74, 6) is 0. The molecule has 0 N–H and O–H groups in total. The zero-order valence-corrected chi connectivity index (χ0v) is 16.8. The number of fused-ring (bicyclic) bond motifs is 2. The van der Waals surface area contributed by atoms with Gasteiger partial charge in [0.25, 0.3) is 0 Å². The van der Waals surface area contributed by atoms with Gasteiger partial charge in [-0.25, -0.2) is 4.98 Å². The number of benzene rings is 2. The molecule has 2 aromatic carbocycles. The summed E-state index contributed by atoms with van der Waals surface area (Å²) in [4.78, 5) is 9.83. The van der Waals surface area contributed by atoms with Gasteiger partial charge < -0.3 is 4.90 Å². The Morgan fingerprint density at radius 1 is 1.04 bits per heavy atom. The highest BCUT2D eigenvalue weighted by molar-refractivity contribution is 7.15. The summed E-state index contributed by atoms with van der Waals surface area (Å²) in [6.45, 7) is 7.68. The van der Waals surface area contributed by atoms with Crippen molar-refractivity contribution in [1.82, 2.24) is 4.98 Å². The van der Waals surface area contributed by atoms with E-state index >= 15 is 0 Å². The van der Waals surface area contributed by atoms with Crippen molar-refractivity contribution in [1.29, 1.82) is 0 Å². The minimum absolute atomic E-state index is 1.000. The van der Waals surface area contributed by atoms with E-state index in [2.05, 4.69) is 85.1 Å². The molecule has 0 unspecified atom stereocenters. The van der Waals surface area contributed by atoms with E-state index in [1.54, 1.807) is 11.3 Å². The predicted molar refractivity (Wildman–Crippen MR) is 121 cm³/mol. The number of hydrogen-bond acceptors (Lipinski definition) is 3. The van der Waals surface area contributed by atoms with Gasteiger partial charge in [0.2, 0.25) is 0 Å². The third-order valence-electron chi connectivity index (χ3n) is 5.46. The van der Waals surface area contributed by atoms with Crippen molar-refractivity contribution in [2.45, 2.75) is 19.8 Å². The summed E-state index contributed by atoms with van der Waals surface area (Å²) in [5.41, 5.74) is 6.96. The number of aromatic nitrogens is 1. The number of para-hydroxylation sites is 2. The van der Waals surface area contributed by atoms with Crippen LogP contribution in [0, 0.1) is 6.92 Å². The van der Waals surface area contributed by atoms with Crippen molar-refractivity contribution in [3.63, 3.8) is 0 Å².